The van der Waals surface area contributed by atoms with E-state index in [2.05, 4.69) is 10.1 Å². The van der Waals surface area contributed by atoms with Gasteiger partial charge in [0.15, 0.2) is 6.61 Å². The molecule has 0 aliphatic carbocycles. The van der Waals surface area contributed by atoms with E-state index in [1.165, 1.54) is 14.2 Å². The second-order valence-corrected chi connectivity index (χ2v) is 5.51. The van der Waals surface area contributed by atoms with Gasteiger partial charge >= 0.3 is 11.9 Å². The number of ether oxygens (including phenoxy) is 3. The van der Waals surface area contributed by atoms with Crippen molar-refractivity contribution in [3.63, 3.8) is 0 Å². The number of benzene rings is 2. The maximum atomic E-state index is 12.3. The molecule has 0 heterocycles. The van der Waals surface area contributed by atoms with Gasteiger partial charge in [0, 0.05) is 13.0 Å². The Hall–Kier alpha value is -3.09. The van der Waals surface area contributed by atoms with Gasteiger partial charge in [-0.2, -0.15) is 0 Å². The molecule has 1 amide bonds. The molecular weight excluding hydrogens is 338 g/mol. The van der Waals surface area contributed by atoms with Gasteiger partial charge in [0.25, 0.3) is 5.91 Å². The highest BCUT2D eigenvalue weighted by atomic mass is 16.5. The lowest BCUT2D eigenvalue weighted by molar-refractivity contribution is -0.140. The van der Waals surface area contributed by atoms with Crippen molar-refractivity contribution in [1.29, 1.82) is 0 Å². The van der Waals surface area contributed by atoms with Crippen molar-refractivity contribution in [2.24, 2.45) is 0 Å². The number of hydrogen-bond acceptors (Lipinski definition) is 6. The third-order valence-electron chi connectivity index (χ3n) is 3.73. The summed E-state index contributed by atoms with van der Waals surface area (Å²) in [7, 11) is 2.77. The highest BCUT2D eigenvalue weighted by Crippen LogP contribution is 2.26. The summed E-state index contributed by atoms with van der Waals surface area (Å²) < 4.78 is 14.8. The first kappa shape index (κ1) is 19.2. The number of carbonyl (C=O) groups excluding carboxylic acids is 3. The Kier molecular flexibility index (Phi) is 6.96. The van der Waals surface area contributed by atoms with Gasteiger partial charge in [0.05, 0.1) is 14.2 Å². The lowest BCUT2D eigenvalue weighted by Gasteiger charge is -2.10. The Morgan fingerprint density at radius 3 is 2.38 bits per heavy atom. The van der Waals surface area contributed by atoms with Crippen molar-refractivity contribution in [2.45, 2.75) is 12.8 Å². The fourth-order valence-corrected chi connectivity index (χ4v) is 2.37. The maximum absolute atomic E-state index is 12.3. The number of methoxy groups -OCH3 is 2. The van der Waals surface area contributed by atoms with Crippen LogP contribution in [0.15, 0.2) is 36.4 Å². The molecule has 138 valence electrons. The minimum atomic E-state index is -0.641. The van der Waals surface area contributed by atoms with Crippen molar-refractivity contribution in [2.75, 3.05) is 27.4 Å². The molecule has 0 spiro atoms. The van der Waals surface area contributed by atoms with E-state index in [0.717, 1.165) is 10.8 Å². The Morgan fingerprint density at radius 1 is 1.04 bits per heavy atom. The van der Waals surface area contributed by atoms with Gasteiger partial charge in [0.1, 0.15) is 11.3 Å². The summed E-state index contributed by atoms with van der Waals surface area (Å²) in [4.78, 5) is 35.0. The van der Waals surface area contributed by atoms with Gasteiger partial charge in [-0.1, -0.05) is 24.3 Å². The third-order valence-corrected chi connectivity index (χ3v) is 3.73. The SMILES string of the molecule is COC(=O)CCCNC(=O)COC(=O)c1cc2ccccc2cc1OC. The van der Waals surface area contributed by atoms with E-state index in [9.17, 15) is 14.4 Å². The molecule has 0 unspecified atom stereocenters. The van der Waals surface area contributed by atoms with Crippen molar-refractivity contribution < 1.29 is 28.6 Å². The summed E-state index contributed by atoms with van der Waals surface area (Å²) in [6.07, 6.45) is 0.662. The van der Waals surface area contributed by atoms with Gasteiger partial charge in [-0.25, -0.2) is 4.79 Å². The maximum Gasteiger partial charge on any atom is 0.342 e. The minimum absolute atomic E-state index is 0.213. The molecule has 0 saturated heterocycles. The minimum Gasteiger partial charge on any atom is -0.496 e. The number of amides is 1. The van der Waals surface area contributed by atoms with E-state index in [-0.39, 0.29) is 18.0 Å². The average molecular weight is 359 g/mol. The number of fused-ring (bicyclic) bond motifs is 1. The molecule has 0 atom stereocenters. The molecule has 2 aromatic rings. The van der Waals surface area contributed by atoms with Crippen LogP contribution in [0.25, 0.3) is 10.8 Å². The average Bonchev–Trinajstić information content (AvgIpc) is 2.67. The Bertz CT molecular complexity index is 802. The van der Waals surface area contributed by atoms with E-state index >= 15 is 0 Å². The summed E-state index contributed by atoms with van der Waals surface area (Å²) in [5.74, 6) is -1.04. The lowest BCUT2D eigenvalue weighted by Crippen LogP contribution is -2.30. The number of nitrogens with one attached hydrogen (secondary N) is 1. The largest absolute Gasteiger partial charge is 0.496 e. The van der Waals surface area contributed by atoms with Gasteiger partial charge < -0.3 is 19.5 Å². The number of esters is 2. The molecule has 26 heavy (non-hydrogen) atoms. The van der Waals surface area contributed by atoms with E-state index in [1.807, 2.05) is 24.3 Å². The first-order valence-electron chi connectivity index (χ1n) is 8.12. The van der Waals surface area contributed by atoms with Crippen molar-refractivity contribution in [3.8, 4) is 5.75 Å². The predicted molar refractivity (Wildman–Crippen MR) is 95.0 cm³/mol. The summed E-state index contributed by atoms with van der Waals surface area (Å²) in [6, 6.07) is 11.0. The van der Waals surface area contributed by atoms with Crippen LogP contribution in [0.3, 0.4) is 0 Å². The number of rotatable bonds is 8. The summed E-state index contributed by atoms with van der Waals surface area (Å²) >= 11 is 0. The van der Waals surface area contributed by atoms with Crippen LogP contribution in [0.5, 0.6) is 5.75 Å². The fraction of sp³-hybridized carbons (Fsp3) is 0.316. The second-order valence-electron chi connectivity index (χ2n) is 5.51. The zero-order valence-corrected chi connectivity index (χ0v) is 14.7. The highest BCUT2D eigenvalue weighted by Gasteiger charge is 2.16. The molecule has 0 aliphatic heterocycles. The third kappa shape index (κ3) is 5.20. The van der Waals surface area contributed by atoms with E-state index in [4.69, 9.17) is 9.47 Å². The normalized spacial score (nSPS) is 10.2. The highest BCUT2D eigenvalue weighted by molar-refractivity contribution is 5.99. The second kappa shape index (κ2) is 9.41. The van der Waals surface area contributed by atoms with Crippen LogP contribution >= 0.6 is 0 Å². The lowest BCUT2D eigenvalue weighted by atomic mass is 10.1. The monoisotopic (exact) mass is 359 g/mol. The van der Waals surface area contributed by atoms with Gasteiger partial charge in [-0.3, -0.25) is 9.59 Å². The standard InChI is InChI=1S/C19H21NO6/c1-24-16-11-14-7-4-3-6-13(14)10-15(16)19(23)26-12-17(21)20-9-5-8-18(22)25-2/h3-4,6-7,10-11H,5,8-9,12H2,1-2H3,(H,20,21). The predicted octanol–water partition coefficient (Wildman–Crippen LogP) is 2.07. The van der Waals surface area contributed by atoms with Crippen LogP contribution in [0.2, 0.25) is 0 Å². The molecule has 7 nitrogen and oxygen atoms in total. The van der Waals surface area contributed by atoms with Gasteiger partial charge in [-0.15, -0.1) is 0 Å². The fourth-order valence-electron chi connectivity index (χ4n) is 2.37. The van der Waals surface area contributed by atoms with Crippen molar-refractivity contribution >= 4 is 28.6 Å². The van der Waals surface area contributed by atoms with E-state index < -0.39 is 18.5 Å². The molecule has 0 bridgehead atoms. The molecule has 0 aliphatic rings. The van der Waals surface area contributed by atoms with Crippen molar-refractivity contribution in [3.05, 3.63) is 42.0 Å². The molecule has 0 radical (unpaired) electrons. The van der Waals surface area contributed by atoms with Crippen LogP contribution in [0, 0.1) is 0 Å². The van der Waals surface area contributed by atoms with Crippen LogP contribution in [0.1, 0.15) is 23.2 Å². The molecular formula is C19H21NO6. The van der Waals surface area contributed by atoms with E-state index in [0.29, 0.717) is 18.7 Å². The Balaban J connectivity index is 1.90. The van der Waals surface area contributed by atoms with Crippen LogP contribution < -0.4 is 10.1 Å². The topological polar surface area (TPSA) is 90.9 Å². The molecule has 0 fully saturated rings. The summed E-state index contributed by atoms with van der Waals surface area (Å²) in [6.45, 7) is -0.113. The van der Waals surface area contributed by atoms with E-state index in [1.54, 1.807) is 12.1 Å². The smallest absolute Gasteiger partial charge is 0.342 e. The van der Waals surface area contributed by atoms with Crippen LogP contribution in [0.4, 0.5) is 0 Å². The Morgan fingerprint density at radius 2 is 1.73 bits per heavy atom. The van der Waals surface area contributed by atoms with Gasteiger partial charge in [-0.05, 0) is 29.3 Å². The molecule has 0 aromatic heterocycles. The van der Waals surface area contributed by atoms with Crippen LogP contribution in [-0.2, 0) is 19.1 Å². The molecule has 0 saturated carbocycles. The van der Waals surface area contributed by atoms with Gasteiger partial charge in [0.2, 0.25) is 0 Å². The zero-order chi connectivity index (χ0) is 18.9. The quantitative estimate of drug-likeness (QED) is 0.573. The first-order valence-corrected chi connectivity index (χ1v) is 8.12. The number of carbonyl (C=O) groups is 3. The first-order chi connectivity index (χ1) is 12.5. The molecule has 2 rings (SSSR count). The summed E-state index contributed by atoms with van der Waals surface area (Å²) in [5, 5.41) is 4.37. The Labute approximate surface area is 151 Å². The van der Waals surface area contributed by atoms with Crippen LogP contribution in [-0.4, -0.2) is 45.2 Å². The number of hydrogen-bond donors (Lipinski definition) is 1. The summed E-state index contributed by atoms with van der Waals surface area (Å²) in [5.41, 5.74) is 0.254. The molecule has 7 heteroatoms. The molecule has 2 aromatic carbocycles. The van der Waals surface area contributed by atoms with Crippen molar-refractivity contribution in [1.82, 2.24) is 5.32 Å². The zero-order valence-electron chi connectivity index (χ0n) is 14.7. The molecule has 1 N–H and O–H groups in total.